The second-order valence-corrected chi connectivity index (χ2v) is 9.02. The van der Waals surface area contributed by atoms with Crippen LogP contribution < -0.4 is 9.05 Å². The van der Waals surface area contributed by atoms with Crippen molar-refractivity contribution in [1.82, 2.24) is 5.16 Å². The van der Waals surface area contributed by atoms with E-state index in [9.17, 15) is 0 Å². The fourth-order valence-electron chi connectivity index (χ4n) is 3.03. The molecule has 0 radical (unpaired) electrons. The van der Waals surface area contributed by atoms with Gasteiger partial charge in [-0.05, 0) is 12.2 Å². The van der Waals surface area contributed by atoms with Crippen LogP contribution in [0.4, 0.5) is 0 Å². The van der Waals surface area contributed by atoms with Crippen molar-refractivity contribution >= 4 is 40.9 Å². The average Bonchev–Trinajstić information content (AvgIpc) is 3.29. The minimum atomic E-state index is 0.687. The molecular formula is C22H20N3O2Tl. The molecule has 1 aromatic carbocycles. The fourth-order valence-corrected chi connectivity index (χ4v) is 3.99. The number of aliphatic imine (C=N–C) groups is 1. The van der Waals surface area contributed by atoms with Gasteiger partial charge in [0.1, 0.15) is 0 Å². The number of allylic oxidation sites excluding steroid dienone is 3. The van der Waals surface area contributed by atoms with Crippen molar-refractivity contribution in [2.45, 2.75) is 19.3 Å². The third-order valence-corrected chi connectivity index (χ3v) is 5.76. The van der Waals surface area contributed by atoms with E-state index in [-0.39, 0.29) is 0 Å². The summed E-state index contributed by atoms with van der Waals surface area (Å²) in [5.74, 6) is 1.73. The molecule has 0 amide bonds. The quantitative estimate of drug-likeness (QED) is 0.485. The van der Waals surface area contributed by atoms with Gasteiger partial charge in [-0.1, -0.05) is 0 Å². The number of rotatable bonds is 5. The predicted molar refractivity (Wildman–Crippen MR) is 111 cm³/mol. The van der Waals surface area contributed by atoms with Crippen molar-refractivity contribution in [3.05, 3.63) is 88.7 Å². The Balaban J connectivity index is 1.43. The van der Waals surface area contributed by atoms with Gasteiger partial charge in [0, 0.05) is 30.5 Å². The van der Waals surface area contributed by atoms with Gasteiger partial charge in [-0.15, -0.1) is 0 Å². The van der Waals surface area contributed by atoms with E-state index in [4.69, 9.17) is 14.7 Å². The minimum absolute atomic E-state index is 0.687. The second-order valence-electron chi connectivity index (χ2n) is 6.81. The molecule has 0 aliphatic carbocycles. The molecule has 2 N–H and O–H groups in total. The zero-order valence-electron chi connectivity index (χ0n) is 15.5. The second kappa shape index (κ2) is 8.73. The van der Waals surface area contributed by atoms with Crippen molar-refractivity contribution in [2.75, 3.05) is 6.54 Å². The molecule has 1 aliphatic heterocycles. The molecule has 4 rings (SSSR count). The van der Waals surface area contributed by atoms with Gasteiger partial charge in [-0.2, -0.15) is 0 Å². The van der Waals surface area contributed by atoms with Gasteiger partial charge in [-0.3, -0.25) is 4.99 Å². The Morgan fingerprint density at radius 1 is 1.00 bits per heavy atom. The summed E-state index contributed by atoms with van der Waals surface area (Å²) in [5, 5.41) is 4.21. The van der Waals surface area contributed by atoms with Crippen LogP contribution in [0.3, 0.4) is 0 Å². The molecule has 0 bridgehead atoms. The molecule has 1 aliphatic rings. The number of hydrogen-bond acceptors (Lipinski definition) is 5. The van der Waals surface area contributed by atoms with Gasteiger partial charge < -0.3 is 5.73 Å². The molecule has 28 heavy (non-hydrogen) atoms. The van der Waals surface area contributed by atoms with Crippen molar-refractivity contribution in [1.29, 1.82) is 0 Å². The molecular weight excluding hydrogens is 543 g/mol. The van der Waals surface area contributed by atoms with Crippen LogP contribution in [0.5, 0.6) is 0 Å². The smallest absolute Gasteiger partial charge is 0.292 e. The molecule has 0 fully saturated rings. The van der Waals surface area contributed by atoms with Crippen LogP contribution in [0.15, 0.2) is 74.2 Å². The summed E-state index contributed by atoms with van der Waals surface area (Å²) >= 11 is 0.742. The first-order valence-corrected chi connectivity index (χ1v) is 11.4. The SMILES string of the molecule is N/C1=C/C=C(/c2cc(Cc3ccc(Cc4cc[c]([Tl])o4)cc3)no2)C=NCC1. The third kappa shape index (κ3) is 4.89. The third-order valence-electron chi connectivity index (χ3n) is 4.55. The topological polar surface area (TPSA) is 77.5 Å². The van der Waals surface area contributed by atoms with E-state index in [1.54, 1.807) is 0 Å². The van der Waals surface area contributed by atoms with Crippen LogP contribution in [0.2, 0.25) is 0 Å². The van der Waals surface area contributed by atoms with Crippen LogP contribution in [0.1, 0.15) is 34.8 Å². The summed E-state index contributed by atoms with van der Waals surface area (Å²) in [6.07, 6.45) is 7.98. The normalized spacial score (nSPS) is 18.0. The number of nitrogens with zero attached hydrogens (tertiary/aromatic N) is 2. The van der Waals surface area contributed by atoms with Gasteiger partial charge in [0.15, 0.2) is 0 Å². The van der Waals surface area contributed by atoms with Gasteiger partial charge >= 0.3 is 127 Å². The molecule has 138 valence electrons. The van der Waals surface area contributed by atoms with Gasteiger partial charge in [0.2, 0.25) is 0 Å². The summed E-state index contributed by atoms with van der Waals surface area (Å²) in [6, 6.07) is 14.7. The molecule has 0 saturated heterocycles. The van der Waals surface area contributed by atoms with Crippen LogP contribution in [-0.4, -0.2) is 43.7 Å². The summed E-state index contributed by atoms with van der Waals surface area (Å²) < 4.78 is 12.4. The van der Waals surface area contributed by atoms with Crippen molar-refractivity contribution < 1.29 is 8.94 Å². The van der Waals surface area contributed by atoms with E-state index in [0.717, 1.165) is 71.1 Å². The minimum Gasteiger partial charge on any atom is -0.292 e. The Bertz CT molecular complexity index is 1040. The summed E-state index contributed by atoms with van der Waals surface area (Å²) in [7, 11) is 0. The summed E-state index contributed by atoms with van der Waals surface area (Å²) in [5.41, 5.74) is 10.9. The monoisotopic (exact) mass is 563 g/mol. The van der Waals surface area contributed by atoms with Crippen molar-refractivity contribution in [2.24, 2.45) is 10.7 Å². The summed E-state index contributed by atoms with van der Waals surface area (Å²) in [6.45, 7) is 0.687. The Kier molecular flexibility index (Phi) is 5.90. The van der Waals surface area contributed by atoms with E-state index in [1.165, 1.54) is 11.1 Å². The molecule has 0 atom stereocenters. The molecule has 5 nitrogen and oxygen atoms in total. The van der Waals surface area contributed by atoms with E-state index in [1.807, 2.05) is 24.4 Å². The molecule has 0 unspecified atom stereocenters. The van der Waals surface area contributed by atoms with Gasteiger partial charge in [-0.25, -0.2) is 0 Å². The summed E-state index contributed by atoms with van der Waals surface area (Å²) in [4.78, 5) is 4.37. The molecule has 3 heterocycles. The van der Waals surface area contributed by atoms with E-state index >= 15 is 0 Å². The van der Waals surface area contributed by atoms with E-state index in [0.29, 0.717) is 12.3 Å². The van der Waals surface area contributed by atoms with Gasteiger partial charge in [0.05, 0.1) is 0 Å². The first-order chi connectivity index (χ1) is 13.7. The molecule has 2 aromatic heterocycles. The van der Waals surface area contributed by atoms with E-state index in [2.05, 4.69) is 46.5 Å². The number of benzene rings is 1. The van der Waals surface area contributed by atoms with E-state index < -0.39 is 0 Å². The Hall–Kier alpha value is -2.42. The Morgan fingerprint density at radius 3 is 2.54 bits per heavy atom. The predicted octanol–water partition coefficient (Wildman–Crippen LogP) is 2.94. The molecule has 0 spiro atoms. The molecule has 3 aromatic rings. The first-order valence-electron chi connectivity index (χ1n) is 9.20. The van der Waals surface area contributed by atoms with Crippen LogP contribution in [-0.2, 0) is 12.8 Å². The molecule has 6 heteroatoms. The Labute approximate surface area is 179 Å². The number of aromatic nitrogens is 1. The molecule has 0 saturated carbocycles. The van der Waals surface area contributed by atoms with Crippen molar-refractivity contribution in [3.63, 3.8) is 0 Å². The van der Waals surface area contributed by atoms with Crippen molar-refractivity contribution in [3.8, 4) is 0 Å². The van der Waals surface area contributed by atoms with Crippen LogP contribution >= 0.6 is 0 Å². The zero-order valence-corrected chi connectivity index (χ0v) is 20.0. The number of nitrogens with two attached hydrogens (primary N) is 1. The Morgan fingerprint density at radius 2 is 1.79 bits per heavy atom. The maximum absolute atomic E-state index is 5.91. The van der Waals surface area contributed by atoms with Crippen LogP contribution in [0.25, 0.3) is 5.57 Å². The van der Waals surface area contributed by atoms with Gasteiger partial charge in [0.25, 0.3) is 0 Å². The number of furan rings is 1. The maximum atomic E-state index is 5.91. The standard InChI is InChI=1S/C22H20N3O2.Tl/c23-19-8-7-18(15-24-10-9-19)22-14-20(25-27-22)12-16-3-5-17(6-4-16)13-21-2-1-11-26-21;/h1-8,14-15H,9-10,12-13,23H2;/b18-7+,19-8+,24-15?;. The number of hydrogen-bond donors (Lipinski definition) is 1. The zero-order chi connectivity index (χ0) is 19.3. The van der Waals surface area contributed by atoms with Crippen LogP contribution in [0, 0.1) is 0 Å². The first kappa shape index (κ1) is 18.9. The fraction of sp³-hybridized carbons (Fsp3) is 0.182. The average molecular weight is 563 g/mol.